The van der Waals surface area contributed by atoms with Crippen LogP contribution in [0.5, 0.6) is 0 Å². The van der Waals surface area contributed by atoms with Crippen molar-refractivity contribution in [1.29, 1.82) is 5.26 Å². The van der Waals surface area contributed by atoms with Gasteiger partial charge < -0.3 is 5.32 Å². The van der Waals surface area contributed by atoms with Crippen molar-refractivity contribution in [3.05, 3.63) is 35.4 Å². The molecule has 0 aliphatic carbocycles. The van der Waals surface area contributed by atoms with Crippen LogP contribution in [-0.4, -0.2) is 0 Å². The Hall–Kier alpha value is -1.49. The van der Waals surface area contributed by atoms with Crippen LogP contribution >= 0.6 is 0 Å². The van der Waals surface area contributed by atoms with E-state index in [4.69, 9.17) is 5.26 Å². The lowest BCUT2D eigenvalue weighted by atomic mass is 10.1. The van der Waals surface area contributed by atoms with Crippen molar-refractivity contribution in [3.8, 4) is 6.19 Å². The Balaban J connectivity index is 2.76. The summed E-state index contributed by atoms with van der Waals surface area (Å²) < 4.78 is 0. The van der Waals surface area contributed by atoms with E-state index in [0.29, 0.717) is 0 Å². The van der Waals surface area contributed by atoms with Gasteiger partial charge in [-0.2, -0.15) is 5.26 Å². The topological polar surface area (TPSA) is 35.8 Å². The number of rotatable bonds is 2. The lowest BCUT2D eigenvalue weighted by molar-refractivity contribution is 0.697. The lowest BCUT2D eigenvalue weighted by Gasteiger charge is -2.08. The molecule has 0 unspecified atom stereocenters. The van der Waals surface area contributed by atoms with Crippen LogP contribution in [0.2, 0.25) is 0 Å². The molecule has 1 N–H and O–H groups in total. The van der Waals surface area contributed by atoms with Gasteiger partial charge >= 0.3 is 0 Å². The van der Waals surface area contributed by atoms with Crippen LogP contribution < -0.4 is 5.32 Å². The summed E-state index contributed by atoms with van der Waals surface area (Å²) >= 11 is 0. The third-order valence-corrected chi connectivity index (χ3v) is 1.86. The Labute approximate surface area is 72.8 Å². The number of nitriles is 1. The highest BCUT2D eigenvalue weighted by Crippen LogP contribution is 2.11. The van der Waals surface area contributed by atoms with Gasteiger partial charge in [0.25, 0.3) is 0 Å². The van der Waals surface area contributed by atoms with Crippen molar-refractivity contribution >= 4 is 0 Å². The first-order valence-electron chi connectivity index (χ1n) is 3.95. The minimum absolute atomic E-state index is 0.107. The molecule has 2 heteroatoms. The Morgan fingerprint density at radius 2 is 1.92 bits per heavy atom. The van der Waals surface area contributed by atoms with Crippen molar-refractivity contribution < 1.29 is 0 Å². The van der Waals surface area contributed by atoms with Gasteiger partial charge in [-0.1, -0.05) is 29.8 Å². The van der Waals surface area contributed by atoms with Crippen molar-refractivity contribution in [3.63, 3.8) is 0 Å². The molecule has 0 fully saturated rings. The maximum atomic E-state index is 8.39. The molecule has 62 valence electrons. The average molecular weight is 160 g/mol. The highest BCUT2D eigenvalue weighted by Gasteiger charge is 2.01. The van der Waals surface area contributed by atoms with Crippen LogP contribution in [0.15, 0.2) is 24.3 Å². The summed E-state index contributed by atoms with van der Waals surface area (Å²) in [4.78, 5) is 0. The van der Waals surface area contributed by atoms with Crippen LogP contribution in [0, 0.1) is 18.4 Å². The van der Waals surface area contributed by atoms with E-state index in [-0.39, 0.29) is 6.04 Å². The molecule has 2 nitrogen and oxygen atoms in total. The molecule has 0 saturated heterocycles. The van der Waals surface area contributed by atoms with Gasteiger partial charge in [0.15, 0.2) is 6.19 Å². The van der Waals surface area contributed by atoms with E-state index >= 15 is 0 Å². The maximum absolute atomic E-state index is 8.39. The van der Waals surface area contributed by atoms with E-state index in [1.165, 1.54) is 5.56 Å². The zero-order valence-corrected chi connectivity index (χ0v) is 7.33. The van der Waals surface area contributed by atoms with Gasteiger partial charge in [0, 0.05) is 0 Å². The summed E-state index contributed by atoms with van der Waals surface area (Å²) in [5.74, 6) is 0. The number of hydrogen-bond acceptors (Lipinski definition) is 2. The summed E-state index contributed by atoms with van der Waals surface area (Å²) in [5, 5.41) is 11.1. The predicted molar refractivity (Wildman–Crippen MR) is 48.3 cm³/mol. The first kappa shape index (κ1) is 8.61. The minimum atomic E-state index is 0.107. The standard InChI is InChI=1S/C10H12N2/c1-8-3-5-10(6-4-8)9(2)12-7-11/h3-6,9,12H,1-2H3/t9-/m0/s1. The third-order valence-electron chi connectivity index (χ3n) is 1.86. The summed E-state index contributed by atoms with van der Waals surface area (Å²) in [6.45, 7) is 4.01. The van der Waals surface area contributed by atoms with Crippen molar-refractivity contribution in [2.45, 2.75) is 19.9 Å². The fraction of sp³-hybridized carbons (Fsp3) is 0.300. The van der Waals surface area contributed by atoms with Gasteiger partial charge in [0.2, 0.25) is 0 Å². The molecular weight excluding hydrogens is 148 g/mol. The summed E-state index contributed by atoms with van der Waals surface area (Å²) in [5.41, 5.74) is 2.38. The van der Waals surface area contributed by atoms with Crippen LogP contribution in [0.1, 0.15) is 24.1 Å². The SMILES string of the molecule is Cc1ccc([C@H](C)NC#N)cc1. The van der Waals surface area contributed by atoms with Crippen LogP contribution in [0.3, 0.4) is 0 Å². The molecule has 0 aliphatic heterocycles. The van der Waals surface area contributed by atoms with Gasteiger partial charge in [-0.25, -0.2) is 0 Å². The van der Waals surface area contributed by atoms with E-state index in [9.17, 15) is 0 Å². The second kappa shape index (κ2) is 3.77. The van der Waals surface area contributed by atoms with Crippen LogP contribution in [0.4, 0.5) is 0 Å². The fourth-order valence-corrected chi connectivity index (χ4v) is 1.04. The quantitative estimate of drug-likeness (QED) is 0.531. The molecule has 0 aromatic heterocycles. The van der Waals surface area contributed by atoms with E-state index in [1.54, 1.807) is 0 Å². The second-order valence-corrected chi connectivity index (χ2v) is 2.89. The Morgan fingerprint density at radius 1 is 1.33 bits per heavy atom. The molecular formula is C10H12N2. The third kappa shape index (κ3) is 2.00. The first-order chi connectivity index (χ1) is 5.74. The van der Waals surface area contributed by atoms with E-state index < -0.39 is 0 Å². The normalized spacial score (nSPS) is 11.8. The van der Waals surface area contributed by atoms with E-state index in [0.717, 1.165) is 5.56 Å². The molecule has 0 spiro atoms. The van der Waals surface area contributed by atoms with Gasteiger partial charge in [0.05, 0.1) is 6.04 Å². The maximum Gasteiger partial charge on any atom is 0.177 e. The van der Waals surface area contributed by atoms with Crippen molar-refractivity contribution in [2.75, 3.05) is 0 Å². The van der Waals surface area contributed by atoms with Gasteiger partial charge in [-0.05, 0) is 19.4 Å². The molecule has 0 bridgehead atoms. The summed E-state index contributed by atoms with van der Waals surface area (Å²) in [7, 11) is 0. The van der Waals surface area contributed by atoms with Crippen molar-refractivity contribution in [1.82, 2.24) is 5.32 Å². The molecule has 1 aromatic carbocycles. The van der Waals surface area contributed by atoms with Crippen LogP contribution in [-0.2, 0) is 0 Å². The highest BCUT2D eigenvalue weighted by atomic mass is 14.9. The molecule has 0 saturated carbocycles. The molecule has 0 aliphatic rings. The van der Waals surface area contributed by atoms with Crippen LogP contribution in [0.25, 0.3) is 0 Å². The Kier molecular flexibility index (Phi) is 2.71. The molecule has 1 rings (SSSR count). The Bertz CT molecular complexity index is 282. The number of nitrogens with one attached hydrogen (secondary N) is 1. The zero-order valence-electron chi connectivity index (χ0n) is 7.33. The van der Waals surface area contributed by atoms with Crippen molar-refractivity contribution in [2.24, 2.45) is 0 Å². The van der Waals surface area contributed by atoms with Gasteiger partial charge in [-0.15, -0.1) is 0 Å². The molecule has 0 heterocycles. The Morgan fingerprint density at radius 3 is 2.42 bits per heavy atom. The lowest BCUT2D eigenvalue weighted by Crippen LogP contribution is -2.11. The molecule has 0 amide bonds. The fourth-order valence-electron chi connectivity index (χ4n) is 1.04. The number of aryl methyl sites for hydroxylation is 1. The highest BCUT2D eigenvalue weighted by molar-refractivity contribution is 5.23. The minimum Gasteiger partial charge on any atom is -0.317 e. The number of hydrogen-bond donors (Lipinski definition) is 1. The van der Waals surface area contributed by atoms with Gasteiger partial charge in [0.1, 0.15) is 0 Å². The van der Waals surface area contributed by atoms with E-state index in [1.807, 2.05) is 44.3 Å². The monoisotopic (exact) mass is 160 g/mol. The molecule has 1 aromatic rings. The second-order valence-electron chi connectivity index (χ2n) is 2.89. The number of benzene rings is 1. The summed E-state index contributed by atoms with van der Waals surface area (Å²) in [6, 6.07) is 8.26. The smallest absolute Gasteiger partial charge is 0.177 e. The largest absolute Gasteiger partial charge is 0.317 e. The zero-order chi connectivity index (χ0) is 8.97. The first-order valence-corrected chi connectivity index (χ1v) is 3.95. The molecule has 0 radical (unpaired) electrons. The predicted octanol–water partition coefficient (Wildman–Crippen LogP) is 2.13. The van der Waals surface area contributed by atoms with Gasteiger partial charge in [-0.3, -0.25) is 0 Å². The average Bonchev–Trinajstić information content (AvgIpc) is 2.06. The summed E-state index contributed by atoms with van der Waals surface area (Å²) in [6.07, 6.45) is 1.93. The molecule has 1 atom stereocenters. The number of nitrogens with zero attached hydrogens (tertiary/aromatic N) is 1. The molecule has 12 heavy (non-hydrogen) atoms. The van der Waals surface area contributed by atoms with E-state index in [2.05, 4.69) is 5.32 Å².